The van der Waals surface area contributed by atoms with Gasteiger partial charge in [0.2, 0.25) is 5.91 Å². The molecule has 0 N–H and O–H groups in total. The molecule has 1 saturated heterocycles. The van der Waals surface area contributed by atoms with Crippen molar-refractivity contribution in [1.82, 2.24) is 9.80 Å². The summed E-state index contributed by atoms with van der Waals surface area (Å²) in [5, 5.41) is 4.51. The van der Waals surface area contributed by atoms with E-state index >= 15 is 0 Å². The van der Waals surface area contributed by atoms with E-state index in [-0.39, 0.29) is 31.3 Å². The summed E-state index contributed by atoms with van der Waals surface area (Å²) in [5.74, 6) is -9.42. The van der Waals surface area contributed by atoms with Crippen LogP contribution >= 0.6 is 0 Å². The highest BCUT2D eigenvalue weighted by atomic mass is 32.2. The van der Waals surface area contributed by atoms with Gasteiger partial charge in [0.1, 0.15) is 10.6 Å². The average Bonchev–Trinajstić information content (AvgIpc) is 2.72. The Hall–Kier alpha value is -2.54. The Morgan fingerprint density at radius 3 is 1.97 bits per heavy atom. The first kappa shape index (κ1) is 28.7. The number of amides is 1. The van der Waals surface area contributed by atoms with Crippen LogP contribution in [0.15, 0.2) is 28.0 Å². The number of halogens is 7. The second-order valence-electron chi connectivity index (χ2n) is 7.42. The number of nitro groups is 1. The molecule has 0 aromatic heterocycles. The number of sulfone groups is 2. The minimum absolute atomic E-state index is 0.0689. The Labute approximate surface area is 193 Å². The van der Waals surface area contributed by atoms with Crippen LogP contribution in [0, 0.1) is 10.1 Å². The molecule has 1 fully saturated rings. The number of carbonyl (C=O) groups is 1. The van der Waals surface area contributed by atoms with Crippen molar-refractivity contribution in [3.05, 3.63) is 28.3 Å². The Kier molecular flexibility index (Phi) is 7.51. The third-order valence-electron chi connectivity index (χ3n) is 5.00. The molecule has 0 unspecified atom stereocenters. The lowest BCUT2D eigenvalue weighted by molar-refractivity contribution is -0.388. The van der Waals surface area contributed by atoms with E-state index in [9.17, 15) is 62.5 Å². The first-order valence-electron chi connectivity index (χ1n) is 9.21. The van der Waals surface area contributed by atoms with Gasteiger partial charge in [0.25, 0.3) is 15.5 Å². The van der Waals surface area contributed by atoms with Crippen LogP contribution in [0.1, 0.15) is 0 Å². The van der Waals surface area contributed by atoms with Crippen LogP contribution in [0.3, 0.4) is 0 Å². The fourth-order valence-electron chi connectivity index (χ4n) is 2.94. The predicted molar refractivity (Wildman–Crippen MR) is 102 cm³/mol. The summed E-state index contributed by atoms with van der Waals surface area (Å²) in [5.41, 5.74) is -1.72. The molecule has 0 bridgehead atoms. The lowest BCUT2D eigenvalue weighted by atomic mass is 10.3. The SMILES string of the molecule is CN1CCN(C(=O)CS(=O)(=O)c2ccc(S(=O)(=O)C(F)(F)C(F)(F)C(F)(F)F)cc2[N+](=O)[O-])CC1. The number of alkyl halides is 7. The number of carbonyl (C=O) groups excluding carboxylic acids is 1. The van der Waals surface area contributed by atoms with Crippen molar-refractivity contribution < 1.29 is 57.3 Å². The Bertz CT molecular complexity index is 1230. The molecular formula is C16H16F7N3O7S2. The van der Waals surface area contributed by atoms with Gasteiger partial charge in [0, 0.05) is 32.2 Å². The number of nitro benzene ring substituents is 1. The molecule has 0 saturated carbocycles. The molecule has 35 heavy (non-hydrogen) atoms. The van der Waals surface area contributed by atoms with E-state index in [0.717, 1.165) is 4.90 Å². The number of hydrogen-bond donors (Lipinski definition) is 0. The molecule has 198 valence electrons. The number of hydrogen-bond acceptors (Lipinski definition) is 8. The predicted octanol–water partition coefficient (Wildman–Crippen LogP) is 1.71. The largest absolute Gasteiger partial charge is 0.461 e. The zero-order chi connectivity index (χ0) is 27.2. The summed E-state index contributed by atoms with van der Waals surface area (Å²) in [6.45, 7) is 1.00. The lowest BCUT2D eigenvalue weighted by Gasteiger charge is -2.32. The molecule has 2 rings (SSSR count). The van der Waals surface area contributed by atoms with Crippen molar-refractivity contribution in [2.24, 2.45) is 0 Å². The van der Waals surface area contributed by atoms with Crippen molar-refractivity contribution in [1.29, 1.82) is 0 Å². The van der Waals surface area contributed by atoms with Crippen LogP contribution in [-0.2, 0) is 24.5 Å². The molecule has 1 amide bonds. The summed E-state index contributed by atoms with van der Waals surface area (Å²) in [6, 6.07) is -0.418. The fourth-order valence-corrected chi connectivity index (χ4v) is 5.59. The van der Waals surface area contributed by atoms with Gasteiger partial charge in [-0.2, -0.15) is 30.7 Å². The highest BCUT2D eigenvalue weighted by Crippen LogP contribution is 2.51. The maximum absolute atomic E-state index is 13.8. The van der Waals surface area contributed by atoms with Crippen molar-refractivity contribution in [3.63, 3.8) is 0 Å². The summed E-state index contributed by atoms with van der Waals surface area (Å²) in [4.78, 5) is 21.6. The van der Waals surface area contributed by atoms with E-state index < -0.39 is 69.1 Å². The molecule has 1 heterocycles. The van der Waals surface area contributed by atoms with E-state index in [2.05, 4.69) is 0 Å². The molecule has 0 spiro atoms. The van der Waals surface area contributed by atoms with Crippen LogP contribution in [0.4, 0.5) is 36.4 Å². The minimum atomic E-state index is -7.09. The fraction of sp³-hybridized carbons (Fsp3) is 0.562. The number of nitrogens with zero attached hydrogens (tertiary/aromatic N) is 3. The van der Waals surface area contributed by atoms with Gasteiger partial charge < -0.3 is 9.80 Å². The molecule has 10 nitrogen and oxygen atoms in total. The zero-order valence-corrected chi connectivity index (χ0v) is 19.1. The van der Waals surface area contributed by atoms with E-state index in [1.807, 2.05) is 4.90 Å². The topological polar surface area (TPSA) is 135 Å². The van der Waals surface area contributed by atoms with Crippen molar-refractivity contribution in [3.8, 4) is 0 Å². The van der Waals surface area contributed by atoms with E-state index in [0.29, 0.717) is 13.1 Å². The molecular weight excluding hydrogens is 543 g/mol. The summed E-state index contributed by atoms with van der Waals surface area (Å²) in [6.07, 6.45) is -7.01. The van der Waals surface area contributed by atoms with Crippen LogP contribution in [0.25, 0.3) is 0 Å². The Morgan fingerprint density at radius 1 is 1.00 bits per heavy atom. The highest BCUT2D eigenvalue weighted by molar-refractivity contribution is 7.93. The average molecular weight is 559 g/mol. The van der Waals surface area contributed by atoms with Crippen LogP contribution in [0.5, 0.6) is 0 Å². The van der Waals surface area contributed by atoms with Crippen molar-refractivity contribution >= 4 is 31.3 Å². The molecule has 0 radical (unpaired) electrons. The molecule has 1 aromatic rings. The summed E-state index contributed by atoms with van der Waals surface area (Å²) >= 11 is 0. The Morgan fingerprint density at radius 2 is 1.51 bits per heavy atom. The maximum atomic E-state index is 13.8. The second-order valence-corrected chi connectivity index (χ2v) is 11.4. The number of benzene rings is 1. The maximum Gasteiger partial charge on any atom is 0.461 e. The van der Waals surface area contributed by atoms with E-state index in [4.69, 9.17) is 0 Å². The quantitative estimate of drug-likeness (QED) is 0.280. The molecule has 0 atom stereocenters. The van der Waals surface area contributed by atoms with Gasteiger partial charge >= 0.3 is 17.4 Å². The van der Waals surface area contributed by atoms with E-state index in [1.54, 1.807) is 7.05 Å². The molecule has 0 aliphatic carbocycles. The monoisotopic (exact) mass is 559 g/mol. The van der Waals surface area contributed by atoms with Gasteiger partial charge in [-0.1, -0.05) is 0 Å². The third kappa shape index (κ3) is 5.20. The minimum Gasteiger partial charge on any atom is -0.339 e. The van der Waals surface area contributed by atoms with Gasteiger partial charge in [-0.15, -0.1) is 0 Å². The van der Waals surface area contributed by atoms with Gasteiger partial charge in [0.15, 0.2) is 9.84 Å². The van der Waals surface area contributed by atoms with Crippen LogP contribution in [-0.4, -0.2) is 93.8 Å². The van der Waals surface area contributed by atoms with Gasteiger partial charge in [-0.25, -0.2) is 16.8 Å². The Balaban J connectivity index is 2.50. The highest BCUT2D eigenvalue weighted by Gasteiger charge is 2.78. The zero-order valence-electron chi connectivity index (χ0n) is 17.4. The van der Waals surface area contributed by atoms with Gasteiger partial charge in [-0.05, 0) is 19.2 Å². The third-order valence-corrected chi connectivity index (χ3v) is 8.45. The number of piperazine rings is 1. The number of rotatable bonds is 7. The van der Waals surface area contributed by atoms with E-state index in [1.165, 1.54) is 0 Å². The smallest absolute Gasteiger partial charge is 0.339 e. The van der Waals surface area contributed by atoms with Gasteiger partial charge in [0.05, 0.1) is 9.82 Å². The molecule has 19 heteroatoms. The lowest BCUT2D eigenvalue weighted by Crippen LogP contribution is -2.55. The number of likely N-dealkylation sites (N-methyl/N-ethyl adjacent to an activating group) is 1. The van der Waals surface area contributed by atoms with Crippen molar-refractivity contribution in [2.75, 3.05) is 39.0 Å². The summed E-state index contributed by atoms with van der Waals surface area (Å²) in [7, 11) is -10.1. The van der Waals surface area contributed by atoms with Gasteiger partial charge in [-0.3, -0.25) is 14.9 Å². The van der Waals surface area contributed by atoms with Crippen LogP contribution in [0.2, 0.25) is 0 Å². The molecule has 1 aliphatic rings. The normalized spacial score (nSPS) is 16.9. The summed E-state index contributed by atoms with van der Waals surface area (Å²) < 4.78 is 140. The molecule has 1 aliphatic heterocycles. The van der Waals surface area contributed by atoms with Crippen molar-refractivity contribution in [2.45, 2.75) is 27.1 Å². The van der Waals surface area contributed by atoms with Crippen LogP contribution < -0.4 is 0 Å². The first-order valence-corrected chi connectivity index (χ1v) is 12.3. The first-order chi connectivity index (χ1) is 15.7. The standard InChI is InChI=1S/C16H16F7N3O7S2/c1-24-4-6-25(7-5-24)13(27)9-34(30,31)12-3-2-10(8-11(12)26(28)29)35(32,33)16(22,23)14(17,18)15(19,20)21/h2-3,8H,4-7,9H2,1H3. The molecule has 1 aromatic carbocycles. The second kappa shape index (κ2) is 9.16.